The fraction of sp³-hybridized carbons (Fsp3) is 0. The molecule has 3 aromatic carbocycles. The number of hydrogen-bond acceptors (Lipinski definition) is 6. The molecule has 1 heterocycles. The first-order valence-corrected chi connectivity index (χ1v) is 9.19. The molecule has 4 rings (SSSR count). The Morgan fingerprint density at radius 3 is 2.20 bits per heavy atom. The topological polar surface area (TPSA) is 96.4 Å². The molecule has 0 aliphatic carbocycles. The van der Waals surface area contributed by atoms with Gasteiger partial charge in [0.2, 0.25) is 0 Å². The molecule has 3 N–H and O–H groups in total. The maximum atomic E-state index is 11.0. The van der Waals surface area contributed by atoms with Gasteiger partial charge in [-0.15, -0.1) is 0 Å². The highest BCUT2D eigenvalue weighted by Gasteiger charge is 2.07. The summed E-state index contributed by atoms with van der Waals surface area (Å²) < 4.78 is 5.97. The number of anilines is 4. The third-order valence-corrected chi connectivity index (χ3v) is 4.19. The fourth-order valence-electron chi connectivity index (χ4n) is 2.75. The molecule has 4 aromatic rings. The van der Waals surface area contributed by atoms with E-state index in [-0.39, 0.29) is 5.56 Å². The van der Waals surface area contributed by atoms with Gasteiger partial charge in [0.1, 0.15) is 23.7 Å². The number of para-hydroxylation sites is 3. The van der Waals surface area contributed by atoms with Crippen LogP contribution in [0.4, 0.5) is 23.0 Å². The second kappa shape index (κ2) is 8.74. The van der Waals surface area contributed by atoms with Gasteiger partial charge in [-0.25, -0.2) is 14.8 Å². The lowest BCUT2D eigenvalue weighted by atomic mass is 10.2. The number of carbonyl (C=O) groups is 1. The molecule has 0 unspecified atom stereocenters. The summed E-state index contributed by atoms with van der Waals surface area (Å²) >= 11 is 0. The Morgan fingerprint density at radius 2 is 1.47 bits per heavy atom. The van der Waals surface area contributed by atoms with Gasteiger partial charge < -0.3 is 20.5 Å². The van der Waals surface area contributed by atoms with Gasteiger partial charge in [-0.2, -0.15) is 0 Å². The maximum absolute atomic E-state index is 11.0. The van der Waals surface area contributed by atoms with Crippen LogP contribution in [0, 0.1) is 0 Å². The van der Waals surface area contributed by atoms with Crippen molar-refractivity contribution < 1.29 is 14.6 Å². The number of aromatic nitrogens is 2. The average molecular weight is 398 g/mol. The van der Waals surface area contributed by atoms with Crippen molar-refractivity contribution in [2.75, 3.05) is 10.6 Å². The fourth-order valence-corrected chi connectivity index (χ4v) is 2.75. The molecule has 0 spiro atoms. The molecule has 148 valence electrons. The molecular formula is C23H18N4O3. The molecule has 0 atom stereocenters. The number of hydrogen-bond donors (Lipinski definition) is 3. The van der Waals surface area contributed by atoms with E-state index < -0.39 is 5.97 Å². The lowest BCUT2D eigenvalue weighted by Gasteiger charge is -2.13. The summed E-state index contributed by atoms with van der Waals surface area (Å²) in [7, 11) is 0. The summed E-state index contributed by atoms with van der Waals surface area (Å²) in [5.74, 6) is 1.59. The minimum atomic E-state index is -0.966. The summed E-state index contributed by atoms with van der Waals surface area (Å²) in [5.41, 5.74) is 1.70. The van der Waals surface area contributed by atoms with Gasteiger partial charge in [0, 0.05) is 11.8 Å². The lowest BCUT2D eigenvalue weighted by molar-refractivity contribution is 0.0697. The zero-order valence-corrected chi connectivity index (χ0v) is 15.8. The Hall–Kier alpha value is -4.39. The van der Waals surface area contributed by atoms with Crippen molar-refractivity contribution in [2.24, 2.45) is 0 Å². The van der Waals surface area contributed by atoms with Gasteiger partial charge in [-0.1, -0.05) is 30.3 Å². The van der Waals surface area contributed by atoms with Gasteiger partial charge in [-0.05, 0) is 48.5 Å². The van der Waals surface area contributed by atoms with Gasteiger partial charge in [0.05, 0.1) is 11.3 Å². The third kappa shape index (κ3) is 4.71. The summed E-state index contributed by atoms with van der Waals surface area (Å²) in [5, 5.41) is 15.4. The number of aromatic carboxylic acids is 1. The Bertz CT molecular complexity index is 1150. The number of carboxylic acids is 1. The Morgan fingerprint density at radius 1 is 0.800 bits per heavy atom. The van der Waals surface area contributed by atoms with Crippen LogP contribution in [0.3, 0.4) is 0 Å². The zero-order chi connectivity index (χ0) is 20.8. The Kier molecular flexibility index (Phi) is 5.52. The van der Waals surface area contributed by atoms with Crippen LogP contribution in [0.25, 0.3) is 0 Å². The molecular weight excluding hydrogens is 380 g/mol. The molecule has 0 radical (unpaired) electrons. The standard InChI is InChI=1S/C23H18N4O3/c28-23(29)16-10-12-17(13-11-16)26-21-14-22(25-15-24-21)27-19-8-4-5-9-20(19)30-18-6-2-1-3-7-18/h1-15H,(H,28,29)(H2,24,25,26,27). The monoisotopic (exact) mass is 398 g/mol. The van der Waals surface area contributed by atoms with Crippen LogP contribution in [0.5, 0.6) is 11.5 Å². The van der Waals surface area contributed by atoms with Crippen molar-refractivity contribution in [2.45, 2.75) is 0 Å². The summed E-state index contributed by atoms with van der Waals surface area (Å²) in [6.07, 6.45) is 1.44. The first kappa shape index (κ1) is 18.9. The van der Waals surface area contributed by atoms with Crippen molar-refractivity contribution in [3.8, 4) is 11.5 Å². The molecule has 0 saturated heterocycles. The van der Waals surface area contributed by atoms with Crippen LogP contribution < -0.4 is 15.4 Å². The second-order valence-corrected chi connectivity index (χ2v) is 6.33. The Balaban J connectivity index is 1.50. The lowest BCUT2D eigenvalue weighted by Crippen LogP contribution is -2.00. The van der Waals surface area contributed by atoms with E-state index in [0.29, 0.717) is 17.4 Å². The molecule has 0 saturated carbocycles. The van der Waals surface area contributed by atoms with Gasteiger partial charge in [0.25, 0.3) is 0 Å². The first-order chi connectivity index (χ1) is 14.7. The molecule has 1 aromatic heterocycles. The Labute approximate surface area is 173 Å². The van der Waals surface area contributed by atoms with E-state index in [2.05, 4.69) is 20.6 Å². The van der Waals surface area contributed by atoms with E-state index in [1.54, 1.807) is 18.2 Å². The highest BCUT2D eigenvalue weighted by atomic mass is 16.5. The van der Waals surface area contributed by atoms with Crippen molar-refractivity contribution in [3.63, 3.8) is 0 Å². The van der Waals surface area contributed by atoms with Gasteiger partial charge in [0.15, 0.2) is 5.75 Å². The van der Waals surface area contributed by atoms with E-state index in [1.807, 2.05) is 54.6 Å². The summed E-state index contributed by atoms with van der Waals surface area (Å²) in [4.78, 5) is 19.5. The van der Waals surface area contributed by atoms with E-state index >= 15 is 0 Å². The number of carboxylic acid groups (broad SMARTS) is 1. The molecule has 30 heavy (non-hydrogen) atoms. The number of benzene rings is 3. The first-order valence-electron chi connectivity index (χ1n) is 9.19. The van der Waals surface area contributed by atoms with E-state index in [1.165, 1.54) is 18.5 Å². The van der Waals surface area contributed by atoms with Crippen molar-refractivity contribution in [3.05, 3.63) is 96.8 Å². The van der Waals surface area contributed by atoms with Gasteiger partial charge in [-0.3, -0.25) is 0 Å². The minimum absolute atomic E-state index is 0.223. The second-order valence-electron chi connectivity index (χ2n) is 6.33. The molecule has 0 aliphatic rings. The molecule has 0 aliphatic heterocycles. The minimum Gasteiger partial charge on any atom is -0.478 e. The summed E-state index contributed by atoms with van der Waals surface area (Å²) in [6.45, 7) is 0. The van der Waals surface area contributed by atoms with Crippen LogP contribution in [0.1, 0.15) is 10.4 Å². The largest absolute Gasteiger partial charge is 0.478 e. The predicted octanol–water partition coefficient (Wildman–Crippen LogP) is 5.45. The van der Waals surface area contributed by atoms with Crippen LogP contribution in [0.15, 0.2) is 91.3 Å². The van der Waals surface area contributed by atoms with Gasteiger partial charge >= 0.3 is 5.97 Å². The number of nitrogens with zero attached hydrogens (tertiary/aromatic N) is 2. The smallest absolute Gasteiger partial charge is 0.335 e. The van der Waals surface area contributed by atoms with E-state index in [4.69, 9.17) is 9.84 Å². The van der Waals surface area contributed by atoms with Crippen molar-refractivity contribution in [1.82, 2.24) is 9.97 Å². The number of rotatable bonds is 7. The molecule has 0 amide bonds. The SMILES string of the molecule is O=C(O)c1ccc(Nc2cc(Nc3ccccc3Oc3ccccc3)ncn2)cc1. The molecule has 0 fully saturated rings. The highest BCUT2D eigenvalue weighted by Crippen LogP contribution is 2.31. The van der Waals surface area contributed by atoms with E-state index in [0.717, 1.165) is 17.1 Å². The number of nitrogens with one attached hydrogen (secondary N) is 2. The normalized spacial score (nSPS) is 10.3. The highest BCUT2D eigenvalue weighted by molar-refractivity contribution is 5.88. The summed E-state index contributed by atoms with van der Waals surface area (Å²) in [6, 6.07) is 25.3. The third-order valence-electron chi connectivity index (χ3n) is 4.19. The number of ether oxygens (including phenoxy) is 1. The predicted molar refractivity (Wildman–Crippen MR) is 115 cm³/mol. The molecule has 0 bridgehead atoms. The van der Waals surface area contributed by atoms with Crippen LogP contribution >= 0.6 is 0 Å². The average Bonchev–Trinajstić information content (AvgIpc) is 2.76. The molecule has 7 nitrogen and oxygen atoms in total. The van der Waals surface area contributed by atoms with Crippen LogP contribution in [-0.4, -0.2) is 21.0 Å². The van der Waals surface area contributed by atoms with Crippen molar-refractivity contribution in [1.29, 1.82) is 0 Å². The maximum Gasteiger partial charge on any atom is 0.335 e. The van der Waals surface area contributed by atoms with E-state index in [9.17, 15) is 4.79 Å². The van der Waals surface area contributed by atoms with Crippen LogP contribution in [0.2, 0.25) is 0 Å². The molecule has 7 heteroatoms. The zero-order valence-electron chi connectivity index (χ0n) is 15.8. The van der Waals surface area contributed by atoms with Crippen LogP contribution in [-0.2, 0) is 0 Å². The quantitative estimate of drug-likeness (QED) is 0.381. The van der Waals surface area contributed by atoms with Crippen molar-refractivity contribution >= 4 is 29.0 Å².